The topological polar surface area (TPSA) is 43.7 Å². The molecule has 2 atom stereocenters. The van der Waals surface area contributed by atoms with Crippen molar-refractivity contribution in [3.05, 3.63) is 0 Å². The van der Waals surface area contributed by atoms with E-state index < -0.39 is 5.79 Å². The van der Waals surface area contributed by atoms with Crippen LogP contribution >= 0.6 is 0 Å². The Morgan fingerprint density at radius 3 is 1.38 bits per heavy atom. The molecular weight excluding hydrogens is 428 g/mol. The number of piperidine rings is 1. The molecule has 1 aliphatic heterocycles. The normalized spacial score (nSPS) is 36.6. The molecule has 1 saturated heterocycles. The van der Waals surface area contributed by atoms with Crippen LogP contribution in [-0.2, 0) is 0 Å². The Labute approximate surface area is 123 Å². The molecular formula is C12H25NO2U. The fourth-order valence-electron chi connectivity index (χ4n) is 2.74. The number of nitrogens with zero attached hydrogens (tertiary/aromatic N) is 1. The molecule has 94 valence electrons. The van der Waals surface area contributed by atoms with Gasteiger partial charge >= 0.3 is 0 Å². The van der Waals surface area contributed by atoms with Gasteiger partial charge in [0.25, 0.3) is 0 Å². The van der Waals surface area contributed by atoms with Gasteiger partial charge in [0.15, 0.2) is 5.79 Å². The van der Waals surface area contributed by atoms with Gasteiger partial charge in [-0.05, 0) is 34.7 Å². The summed E-state index contributed by atoms with van der Waals surface area (Å²) >= 11 is 0. The van der Waals surface area contributed by atoms with E-state index in [1.54, 1.807) is 0 Å². The number of aliphatic hydroxyl groups is 2. The molecule has 0 saturated carbocycles. The van der Waals surface area contributed by atoms with Crippen LogP contribution in [0.3, 0.4) is 0 Å². The van der Waals surface area contributed by atoms with Crippen molar-refractivity contribution in [2.75, 3.05) is 7.05 Å². The standard InChI is InChI=1S/C12H25NO2.U/c1-8-10(3,4)13(7)11(5,6)9(2)12(8,14)15;/h8-9,14-15H,1-7H3;. The molecule has 0 radical (unpaired) electrons. The van der Waals surface area contributed by atoms with Gasteiger partial charge in [0.2, 0.25) is 0 Å². The summed E-state index contributed by atoms with van der Waals surface area (Å²) in [6, 6.07) is 0. The molecule has 3 nitrogen and oxygen atoms in total. The first-order valence-corrected chi connectivity index (χ1v) is 5.65. The second-order valence-electron chi connectivity index (χ2n) is 6.09. The molecule has 1 fully saturated rings. The van der Waals surface area contributed by atoms with E-state index >= 15 is 0 Å². The van der Waals surface area contributed by atoms with E-state index in [0.717, 1.165) is 0 Å². The van der Waals surface area contributed by atoms with Gasteiger partial charge in [-0.25, -0.2) is 0 Å². The van der Waals surface area contributed by atoms with Crippen LogP contribution in [0.15, 0.2) is 0 Å². The molecule has 0 aromatic carbocycles. The maximum atomic E-state index is 10.2. The van der Waals surface area contributed by atoms with Gasteiger partial charge in [0, 0.05) is 54.0 Å². The Kier molecular flexibility index (Phi) is 4.82. The largest absolute Gasteiger partial charge is 0.365 e. The first kappa shape index (κ1) is 16.9. The number of hydrogen-bond donors (Lipinski definition) is 2. The Hall–Kier alpha value is 0.932. The minimum Gasteiger partial charge on any atom is -0.365 e. The van der Waals surface area contributed by atoms with Crippen molar-refractivity contribution in [1.29, 1.82) is 0 Å². The van der Waals surface area contributed by atoms with E-state index in [-0.39, 0.29) is 54.0 Å². The summed E-state index contributed by atoms with van der Waals surface area (Å²) < 4.78 is 0. The van der Waals surface area contributed by atoms with Gasteiger partial charge in [-0.1, -0.05) is 13.8 Å². The molecule has 1 heterocycles. The van der Waals surface area contributed by atoms with E-state index in [4.69, 9.17) is 0 Å². The summed E-state index contributed by atoms with van der Waals surface area (Å²) in [6.07, 6.45) is 0. The molecule has 0 bridgehead atoms. The van der Waals surface area contributed by atoms with Gasteiger partial charge in [0.1, 0.15) is 0 Å². The van der Waals surface area contributed by atoms with Gasteiger partial charge in [0.05, 0.1) is 0 Å². The smallest absolute Gasteiger partial charge is 0.171 e. The fraction of sp³-hybridized carbons (Fsp3) is 1.00. The third-order valence-electron chi connectivity index (χ3n) is 5.12. The minimum absolute atomic E-state index is 0. The predicted molar refractivity (Wildman–Crippen MR) is 61.4 cm³/mol. The molecule has 2 N–H and O–H groups in total. The fourth-order valence-corrected chi connectivity index (χ4v) is 2.74. The molecule has 0 aromatic rings. The predicted octanol–water partition coefficient (Wildman–Crippen LogP) is 1.44. The summed E-state index contributed by atoms with van der Waals surface area (Å²) in [5, 5.41) is 20.5. The Balaban J connectivity index is 0.00000225. The monoisotopic (exact) mass is 453 g/mol. The Morgan fingerprint density at radius 1 is 0.875 bits per heavy atom. The van der Waals surface area contributed by atoms with Crippen molar-refractivity contribution in [3.63, 3.8) is 0 Å². The molecule has 0 spiro atoms. The quantitative estimate of drug-likeness (QED) is 0.546. The molecule has 0 amide bonds. The summed E-state index contributed by atoms with van der Waals surface area (Å²) in [6.45, 7) is 12.1. The van der Waals surface area contributed by atoms with Crippen molar-refractivity contribution in [2.24, 2.45) is 11.8 Å². The zero-order chi connectivity index (χ0) is 12.2. The number of rotatable bonds is 0. The van der Waals surface area contributed by atoms with E-state index in [1.165, 1.54) is 0 Å². The number of hydrogen-bond acceptors (Lipinski definition) is 3. The Bertz CT molecular complexity index is 203. The zero-order valence-corrected chi connectivity index (χ0v) is 15.7. The summed E-state index contributed by atoms with van der Waals surface area (Å²) in [7, 11) is 2.06. The minimum atomic E-state index is -1.60. The van der Waals surface area contributed by atoms with Crippen LogP contribution in [-0.4, -0.2) is 39.0 Å². The van der Waals surface area contributed by atoms with Crippen LogP contribution in [0.1, 0.15) is 41.5 Å². The van der Waals surface area contributed by atoms with Gasteiger partial charge in [-0.2, -0.15) is 0 Å². The van der Waals surface area contributed by atoms with Crippen molar-refractivity contribution in [1.82, 2.24) is 4.90 Å². The zero-order valence-electron chi connectivity index (χ0n) is 11.5. The second kappa shape index (κ2) is 4.55. The summed E-state index contributed by atoms with van der Waals surface area (Å²) in [5.74, 6) is -1.96. The molecule has 0 aliphatic carbocycles. The molecule has 2 unspecified atom stereocenters. The van der Waals surface area contributed by atoms with E-state index in [2.05, 4.69) is 39.6 Å². The van der Waals surface area contributed by atoms with Crippen LogP contribution in [0.2, 0.25) is 0 Å². The second-order valence-corrected chi connectivity index (χ2v) is 6.09. The SMILES string of the molecule is CC1C(O)(O)C(C)C(C)(C)N(C)C1(C)C.[U]. The van der Waals surface area contributed by atoms with Gasteiger partial charge in [-0.15, -0.1) is 0 Å². The van der Waals surface area contributed by atoms with E-state index in [9.17, 15) is 10.2 Å². The third kappa shape index (κ3) is 2.12. The van der Waals surface area contributed by atoms with Crippen LogP contribution < -0.4 is 0 Å². The molecule has 1 rings (SSSR count). The van der Waals surface area contributed by atoms with Crippen LogP contribution in [0.5, 0.6) is 0 Å². The maximum absolute atomic E-state index is 10.2. The number of likely N-dealkylation sites (tertiary alicyclic amines) is 1. The molecule has 4 heteroatoms. The van der Waals surface area contributed by atoms with Crippen molar-refractivity contribution >= 4 is 0 Å². The van der Waals surface area contributed by atoms with Crippen LogP contribution in [0.25, 0.3) is 0 Å². The third-order valence-corrected chi connectivity index (χ3v) is 5.12. The summed E-state index contributed by atoms with van der Waals surface area (Å²) in [5.41, 5.74) is -0.445. The summed E-state index contributed by atoms with van der Waals surface area (Å²) in [4.78, 5) is 2.25. The van der Waals surface area contributed by atoms with Crippen LogP contribution in [0, 0.1) is 42.9 Å². The van der Waals surface area contributed by atoms with Crippen LogP contribution in [0.4, 0.5) is 0 Å². The first-order chi connectivity index (χ1) is 6.46. The van der Waals surface area contributed by atoms with Gasteiger partial charge < -0.3 is 10.2 Å². The molecule has 1 aliphatic rings. The average molecular weight is 453 g/mol. The van der Waals surface area contributed by atoms with E-state index in [0.29, 0.717) is 0 Å². The maximum Gasteiger partial charge on any atom is 0.171 e. The van der Waals surface area contributed by atoms with Crippen molar-refractivity contribution in [2.45, 2.75) is 58.4 Å². The molecule has 0 aromatic heterocycles. The first-order valence-electron chi connectivity index (χ1n) is 5.65. The average Bonchev–Trinajstić information content (AvgIpc) is 2.12. The van der Waals surface area contributed by atoms with Gasteiger partial charge in [-0.3, -0.25) is 4.90 Å². The Morgan fingerprint density at radius 2 is 1.12 bits per heavy atom. The van der Waals surface area contributed by atoms with Crippen molar-refractivity contribution in [3.8, 4) is 0 Å². The van der Waals surface area contributed by atoms with E-state index in [1.807, 2.05) is 13.8 Å². The molecule has 16 heavy (non-hydrogen) atoms. The van der Waals surface area contributed by atoms with Crippen molar-refractivity contribution < 1.29 is 41.3 Å².